The van der Waals surface area contributed by atoms with Crippen LogP contribution in [0.2, 0.25) is 0 Å². The molecule has 0 bridgehead atoms. The van der Waals surface area contributed by atoms with Crippen molar-refractivity contribution in [3.05, 3.63) is 30.6 Å². The molecule has 0 atom stereocenters. The van der Waals surface area contributed by atoms with Gasteiger partial charge < -0.3 is 9.75 Å². The first kappa shape index (κ1) is 17.5. The van der Waals surface area contributed by atoms with Gasteiger partial charge in [-0.05, 0) is 24.7 Å². The first-order valence-corrected chi connectivity index (χ1v) is 5.81. The fraction of sp³-hybridized carbons (Fsp3) is 0.364. The minimum absolute atomic E-state index is 0. The van der Waals surface area contributed by atoms with E-state index in [9.17, 15) is 0 Å². The molecule has 5 nitrogen and oxygen atoms in total. The Labute approximate surface area is 114 Å². The summed E-state index contributed by atoms with van der Waals surface area (Å²) in [6.07, 6.45) is 1.88. The van der Waals surface area contributed by atoms with Crippen LogP contribution < -0.4 is 5.01 Å². The molecule has 8 heteroatoms. The Morgan fingerprint density at radius 2 is 1.74 bits per heavy atom. The molecule has 3 rings (SSSR count). The van der Waals surface area contributed by atoms with Gasteiger partial charge in [0.15, 0.2) is 0 Å². The molecule has 0 radical (unpaired) electrons. The fourth-order valence-electron chi connectivity index (χ4n) is 1.94. The molecule has 19 heavy (non-hydrogen) atoms. The van der Waals surface area contributed by atoms with Crippen molar-refractivity contribution in [2.45, 2.75) is 0 Å². The third-order valence-electron chi connectivity index (χ3n) is 2.73. The van der Waals surface area contributed by atoms with Crippen LogP contribution in [0.3, 0.4) is 0 Å². The van der Waals surface area contributed by atoms with Gasteiger partial charge in [-0.15, -0.1) is 0 Å². The van der Waals surface area contributed by atoms with Gasteiger partial charge in [-0.1, -0.05) is 12.1 Å². The maximum atomic E-state index is 8.06. The topological polar surface area (TPSA) is 47.4 Å². The number of hydrogen-bond donors (Lipinski definition) is 0. The Morgan fingerprint density at radius 1 is 1.11 bits per heavy atom. The summed E-state index contributed by atoms with van der Waals surface area (Å²) in [6, 6.07) is 8.18. The van der Waals surface area contributed by atoms with Crippen LogP contribution in [-0.4, -0.2) is 40.2 Å². The van der Waals surface area contributed by atoms with E-state index >= 15 is 0 Å². The number of benzene rings is 1. The third-order valence-corrected chi connectivity index (χ3v) is 2.73. The van der Waals surface area contributed by atoms with E-state index in [1.165, 1.54) is 5.52 Å². The van der Waals surface area contributed by atoms with Gasteiger partial charge in [-0.3, -0.25) is 13.6 Å². The molecule has 0 aliphatic carbocycles. The van der Waals surface area contributed by atoms with Gasteiger partial charge in [0.1, 0.15) is 6.33 Å². The Kier molecular flexibility index (Phi) is 7.85. The molecule has 1 fully saturated rings. The van der Waals surface area contributed by atoms with E-state index in [4.69, 9.17) is 8.95 Å². The molecular formula is C11H17F2N3O2S. The molecule has 2 aromatic rings. The Morgan fingerprint density at radius 3 is 2.42 bits per heavy atom. The minimum Gasteiger partial charge on any atom is -0.378 e. The van der Waals surface area contributed by atoms with Crippen LogP contribution in [0.1, 0.15) is 0 Å². The summed E-state index contributed by atoms with van der Waals surface area (Å²) in [5, 5.41) is 2.26. The summed E-state index contributed by atoms with van der Waals surface area (Å²) in [5.41, 5.74) is 2.21. The van der Waals surface area contributed by atoms with Crippen LogP contribution >= 0.6 is 0 Å². The third kappa shape index (κ3) is 3.71. The van der Waals surface area contributed by atoms with Gasteiger partial charge in [0.2, 0.25) is 0 Å². The molecule has 0 N–H and O–H groups in total. The van der Waals surface area contributed by atoms with Gasteiger partial charge in [0.25, 0.3) is 0 Å². The van der Waals surface area contributed by atoms with Crippen molar-refractivity contribution in [1.29, 1.82) is 0 Å². The van der Waals surface area contributed by atoms with Gasteiger partial charge in [0.05, 0.1) is 37.3 Å². The lowest BCUT2D eigenvalue weighted by molar-refractivity contribution is 0.112. The van der Waals surface area contributed by atoms with E-state index < -0.39 is 0 Å². The number of morpholine rings is 1. The van der Waals surface area contributed by atoms with E-state index in [1.807, 2.05) is 24.5 Å². The number of fused-ring (bicyclic) bond motifs is 1. The minimum atomic E-state index is 0. The second-order valence-corrected chi connectivity index (χ2v) is 3.64. The van der Waals surface area contributed by atoms with E-state index in [2.05, 4.69) is 20.7 Å². The number of halogens is 2. The largest absolute Gasteiger partial charge is 0.378 e. The van der Waals surface area contributed by atoms with Crippen LogP contribution in [0, 0.1) is 0 Å². The van der Waals surface area contributed by atoms with E-state index in [0.29, 0.717) is 0 Å². The Bertz CT molecular complexity index is 491. The lowest BCUT2D eigenvalue weighted by Crippen LogP contribution is -2.43. The van der Waals surface area contributed by atoms with E-state index in [-0.39, 0.29) is 9.41 Å². The molecule has 1 aliphatic rings. The Balaban J connectivity index is 0.000000776. The van der Waals surface area contributed by atoms with Crippen molar-refractivity contribution in [2.24, 2.45) is 0 Å². The van der Waals surface area contributed by atoms with Crippen molar-refractivity contribution in [3.63, 3.8) is 0 Å². The van der Waals surface area contributed by atoms with Gasteiger partial charge in [-0.2, -0.15) is 0 Å². The number of imidazole rings is 1. The lowest BCUT2D eigenvalue weighted by Gasteiger charge is -2.29. The number of hydrogen-bond acceptors (Lipinski definition) is 4. The molecule has 0 unspecified atom stereocenters. The zero-order valence-corrected chi connectivity index (χ0v) is 11.2. The lowest BCUT2D eigenvalue weighted by atomic mass is 10.3. The molecule has 1 saturated heterocycles. The highest BCUT2D eigenvalue weighted by atomic mass is 32.1. The summed E-state index contributed by atoms with van der Waals surface area (Å²) in [7, 11) is 0. The first-order chi connectivity index (χ1) is 8.45. The van der Waals surface area contributed by atoms with E-state index in [1.54, 1.807) is 12.5 Å². The Hall–Kier alpha value is -1.54. The van der Waals surface area contributed by atoms with Crippen LogP contribution in [0.15, 0.2) is 30.6 Å². The predicted molar refractivity (Wildman–Crippen MR) is 74.4 cm³/mol. The highest BCUT2D eigenvalue weighted by molar-refractivity contribution is 7.44. The van der Waals surface area contributed by atoms with Crippen LogP contribution in [0.5, 0.6) is 0 Å². The molecule has 1 aliphatic heterocycles. The van der Waals surface area contributed by atoms with Gasteiger partial charge >= 0.3 is 0 Å². The molecule has 1 aromatic carbocycles. The number of nitrogens with zero attached hydrogens (tertiary/aromatic N) is 3. The van der Waals surface area contributed by atoms with Crippen molar-refractivity contribution in [2.75, 3.05) is 31.3 Å². The maximum absolute atomic E-state index is 8.06. The fourth-order valence-corrected chi connectivity index (χ4v) is 1.94. The number of ether oxygens (including phenoxy) is 1. The molecule has 0 saturated carbocycles. The summed E-state index contributed by atoms with van der Waals surface area (Å²) in [5.74, 6) is 0. The molecule has 2 heterocycles. The summed E-state index contributed by atoms with van der Waals surface area (Å²) in [6.45, 7) is 3.46. The van der Waals surface area contributed by atoms with Crippen LogP contribution in [0.4, 0.5) is 9.41 Å². The molecule has 108 valence electrons. The van der Waals surface area contributed by atoms with Crippen molar-refractivity contribution in [1.82, 2.24) is 9.66 Å². The molecular weight excluding hydrogens is 276 g/mol. The van der Waals surface area contributed by atoms with Crippen molar-refractivity contribution < 1.29 is 18.4 Å². The van der Waals surface area contributed by atoms with Crippen molar-refractivity contribution in [3.8, 4) is 0 Å². The summed E-state index contributed by atoms with van der Waals surface area (Å²) in [4.78, 5) is 4.37. The zero-order valence-electron chi connectivity index (χ0n) is 10.2. The molecule has 0 spiro atoms. The number of rotatable bonds is 1. The standard InChI is InChI=1S/C11H13N3O.2FH.H2OS/c1-2-4-11-10(3-1)12-9-14(11)13-5-7-15-8-6-13;;;1-2/h1-4,9H,5-8H2;2*1H;2H2. The first-order valence-electron chi connectivity index (χ1n) is 5.40. The average molecular weight is 293 g/mol. The number of para-hydroxylation sites is 2. The molecule has 0 amide bonds. The highest BCUT2D eigenvalue weighted by Gasteiger charge is 2.12. The van der Waals surface area contributed by atoms with Crippen LogP contribution in [-0.2, 0) is 17.3 Å². The quantitative estimate of drug-likeness (QED) is 0.765. The normalized spacial score (nSPS) is 13.8. The van der Waals surface area contributed by atoms with Crippen molar-refractivity contribution >= 4 is 23.6 Å². The second kappa shape index (κ2) is 8.54. The highest BCUT2D eigenvalue weighted by Crippen LogP contribution is 2.12. The summed E-state index contributed by atoms with van der Waals surface area (Å²) >= 11 is 1.72. The van der Waals surface area contributed by atoms with E-state index in [0.717, 1.165) is 31.8 Å². The van der Waals surface area contributed by atoms with Gasteiger partial charge in [-0.25, -0.2) is 9.66 Å². The zero-order chi connectivity index (χ0) is 12.1. The molecule has 1 aromatic heterocycles. The predicted octanol–water partition coefficient (Wildman–Crippen LogP) is 0.438. The maximum Gasteiger partial charge on any atom is 0.116 e. The van der Waals surface area contributed by atoms with Crippen LogP contribution in [0.25, 0.3) is 11.0 Å². The van der Waals surface area contributed by atoms with Gasteiger partial charge in [0, 0.05) is 0 Å². The number of aromatic nitrogens is 2. The summed E-state index contributed by atoms with van der Waals surface area (Å²) < 4.78 is 15.5. The monoisotopic (exact) mass is 293 g/mol. The SMILES string of the molecule is F.F.O=[SH2].c1ccc2c(c1)ncn2N1CCOCC1. The smallest absolute Gasteiger partial charge is 0.116 e. The second-order valence-electron chi connectivity index (χ2n) is 3.64. The average Bonchev–Trinajstić information content (AvgIpc) is 2.86.